The number of hydrogen-bond donors (Lipinski definition) is 2. The van der Waals surface area contributed by atoms with Gasteiger partial charge in [0.05, 0.1) is 5.92 Å². The second-order valence-electron chi connectivity index (χ2n) is 7.09. The first-order chi connectivity index (χ1) is 9.03. The van der Waals surface area contributed by atoms with E-state index in [1.165, 1.54) is 32.1 Å². The van der Waals surface area contributed by atoms with Crippen molar-refractivity contribution < 1.29 is 4.79 Å². The fourth-order valence-corrected chi connectivity index (χ4v) is 3.51. The molecule has 1 atom stereocenters. The van der Waals surface area contributed by atoms with E-state index in [-0.39, 0.29) is 24.2 Å². The van der Waals surface area contributed by atoms with Gasteiger partial charge in [-0.15, -0.1) is 12.4 Å². The summed E-state index contributed by atoms with van der Waals surface area (Å²) in [4.78, 5) is 12.1. The highest BCUT2D eigenvalue weighted by molar-refractivity contribution is 5.85. The summed E-state index contributed by atoms with van der Waals surface area (Å²) in [6.45, 7) is 8.93. The predicted molar refractivity (Wildman–Crippen MR) is 86.2 cm³/mol. The molecular formula is C16H31ClN2O. The van der Waals surface area contributed by atoms with Crippen LogP contribution in [0, 0.1) is 17.3 Å². The van der Waals surface area contributed by atoms with Crippen LogP contribution in [0.25, 0.3) is 0 Å². The lowest BCUT2D eigenvalue weighted by molar-refractivity contribution is -0.125. The van der Waals surface area contributed by atoms with Crippen LogP contribution in [0.3, 0.4) is 0 Å². The van der Waals surface area contributed by atoms with Crippen molar-refractivity contribution in [2.75, 3.05) is 13.1 Å². The van der Waals surface area contributed by atoms with Crippen molar-refractivity contribution in [2.24, 2.45) is 17.3 Å². The topological polar surface area (TPSA) is 41.1 Å². The lowest BCUT2D eigenvalue weighted by Gasteiger charge is -2.39. The van der Waals surface area contributed by atoms with E-state index in [0.717, 1.165) is 25.4 Å². The molecule has 1 aliphatic heterocycles. The van der Waals surface area contributed by atoms with Crippen LogP contribution in [0.15, 0.2) is 0 Å². The first-order valence-electron chi connectivity index (χ1n) is 8.04. The maximum Gasteiger partial charge on any atom is 0.224 e. The first-order valence-corrected chi connectivity index (χ1v) is 8.04. The predicted octanol–water partition coefficient (Wildman–Crippen LogP) is 3.13. The summed E-state index contributed by atoms with van der Waals surface area (Å²) < 4.78 is 0. The molecule has 1 aliphatic carbocycles. The Morgan fingerprint density at radius 1 is 1.20 bits per heavy atom. The zero-order valence-electron chi connectivity index (χ0n) is 13.2. The van der Waals surface area contributed by atoms with Crippen molar-refractivity contribution in [2.45, 2.75) is 65.3 Å². The van der Waals surface area contributed by atoms with E-state index in [2.05, 4.69) is 31.4 Å². The quantitative estimate of drug-likeness (QED) is 0.838. The zero-order valence-corrected chi connectivity index (χ0v) is 14.0. The van der Waals surface area contributed by atoms with Crippen molar-refractivity contribution in [1.82, 2.24) is 10.6 Å². The minimum Gasteiger partial charge on any atom is -0.353 e. The molecular weight excluding hydrogens is 272 g/mol. The van der Waals surface area contributed by atoms with Gasteiger partial charge in [-0.05, 0) is 50.0 Å². The Kier molecular flexibility index (Phi) is 6.80. The van der Waals surface area contributed by atoms with Gasteiger partial charge in [0, 0.05) is 12.6 Å². The fraction of sp³-hybridized carbons (Fsp3) is 0.938. The van der Waals surface area contributed by atoms with Gasteiger partial charge < -0.3 is 10.6 Å². The van der Waals surface area contributed by atoms with Crippen LogP contribution in [0.5, 0.6) is 0 Å². The van der Waals surface area contributed by atoms with Crippen molar-refractivity contribution in [1.29, 1.82) is 0 Å². The molecule has 4 heteroatoms. The van der Waals surface area contributed by atoms with E-state index < -0.39 is 0 Å². The summed E-state index contributed by atoms with van der Waals surface area (Å²) in [6.07, 6.45) is 7.13. The van der Waals surface area contributed by atoms with Gasteiger partial charge in [0.25, 0.3) is 0 Å². The van der Waals surface area contributed by atoms with E-state index in [1.807, 2.05) is 0 Å². The van der Waals surface area contributed by atoms with E-state index in [1.54, 1.807) is 0 Å². The molecule has 20 heavy (non-hydrogen) atoms. The van der Waals surface area contributed by atoms with Crippen molar-refractivity contribution in [3.8, 4) is 0 Å². The van der Waals surface area contributed by atoms with Crippen molar-refractivity contribution in [3.05, 3.63) is 0 Å². The van der Waals surface area contributed by atoms with Crippen LogP contribution in [-0.4, -0.2) is 25.0 Å². The van der Waals surface area contributed by atoms with Gasteiger partial charge in [0.1, 0.15) is 0 Å². The molecule has 0 aromatic rings. The van der Waals surface area contributed by atoms with Crippen molar-refractivity contribution >= 4 is 18.3 Å². The summed E-state index contributed by atoms with van der Waals surface area (Å²) in [6, 6.07) is 0.428. The van der Waals surface area contributed by atoms with Crippen LogP contribution in [0.4, 0.5) is 0 Å². The summed E-state index contributed by atoms with van der Waals surface area (Å²) >= 11 is 0. The maximum absolute atomic E-state index is 12.1. The molecule has 2 fully saturated rings. The first kappa shape index (κ1) is 17.8. The maximum atomic E-state index is 12.1. The Hall–Kier alpha value is -0.280. The SMILES string of the molecule is CCC(C)(C)C1CCC(NC(=O)C2CCNC2)CC1.Cl. The average molecular weight is 303 g/mol. The number of halogens is 1. The van der Waals surface area contributed by atoms with Gasteiger partial charge in [0.2, 0.25) is 5.91 Å². The Bertz CT molecular complexity index is 306. The molecule has 2 aliphatic rings. The molecule has 1 unspecified atom stereocenters. The largest absolute Gasteiger partial charge is 0.353 e. The Balaban J connectivity index is 0.00000200. The molecule has 1 saturated heterocycles. The van der Waals surface area contributed by atoms with Gasteiger partial charge >= 0.3 is 0 Å². The highest BCUT2D eigenvalue weighted by atomic mass is 35.5. The minimum atomic E-state index is 0. The Morgan fingerprint density at radius 2 is 1.85 bits per heavy atom. The third kappa shape index (κ3) is 4.36. The van der Waals surface area contributed by atoms with Gasteiger partial charge in [-0.3, -0.25) is 4.79 Å². The highest BCUT2D eigenvalue weighted by Crippen LogP contribution is 2.40. The van der Waals surface area contributed by atoms with Gasteiger partial charge in [-0.2, -0.15) is 0 Å². The summed E-state index contributed by atoms with van der Waals surface area (Å²) in [5.41, 5.74) is 0.463. The molecule has 3 nitrogen and oxygen atoms in total. The molecule has 0 bridgehead atoms. The van der Waals surface area contributed by atoms with E-state index >= 15 is 0 Å². The monoisotopic (exact) mass is 302 g/mol. The third-order valence-corrected chi connectivity index (χ3v) is 5.52. The van der Waals surface area contributed by atoms with Crippen LogP contribution < -0.4 is 10.6 Å². The van der Waals surface area contributed by atoms with E-state index in [9.17, 15) is 4.79 Å². The molecule has 0 radical (unpaired) electrons. The second-order valence-corrected chi connectivity index (χ2v) is 7.09. The van der Waals surface area contributed by atoms with Crippen LogP contribution >= 0.6 is 12.4 Å². The number of rotatable bonds is 4. The number of carbonyl (C=O) groups is 1. The van der Waals surface area contributed by atoms with Crippen LogP contribution in [-0.2, 0) is 4.79 Å². The molecule has 118 valence electrons. The van der Waals surface area contributed by atoms with E-state index in [4.69, 9.17) is 0 Å². The number of carbonyl (C=O) groups excluding carboxylic acids is 1. The zero-order chi connectivity index (χ0) is 13.9. The smallest absolute Gasteiger partial charge is 0.224 e. The van der Waals surface area contributed by atoms with Crippen molar-refractivity contribution in [3.63, 3.8) is 0 Å². The molecule has 1 amide bonds. The molecule has 0 aromatic carbocycles. The van der Waals surface area contributed by atoms with Crippen LogP contribution in [0.1, 0.15) is 59.3 Å². The second kappa shape index (κ2) is 7.65. The fourth-order valence-electron chi connectivity index (χ4n) is 3.51. The number of amides is 1. The molecule has 2 N–H and O–H groups in total. The minimum absolute atomic E-state index is 0. The van der Waals surface area contributed by atoms with Crippen LogP contribution in [0.2, 0.25) is 0 Å². The number of nitrogens with one attached hydrogen (secondary N) is 2. The summed E-state index contributed by atoms with van der Waals surface area (Å²) in [5, 5.41) is 6.54. The van der Waals surface area contributed by atoms with Gasteiger partial charge in [-0.25, -0.2) is 0 Å². The molecule has 1 saturated carbocycles. The van der Waals surface area contributed by atoms with Gasteiger partial charge in [-0.1, -0.05) is 27.2 Å². The third-order valence-electron chi connectivity index (χ3n) is 5.52. The molecule has 2 rings (SSSR count). The standard InChI is InChI=1S/C16H30N2O.ClH/c1-4-16(2,3)13-5-7-14(8-6-13)18-15(19)12-9-10-17-11-12;/h12-14,17H,4-11H2,1-3H3,(H,18,19);1H. The summed E-state index contributed by atoms with van der Waals surface area (Å²) in [7, 11) is 0. The molecule has 1 heterocycles. The number of hydrogen-bond acceptors (Lipinski definition) is 2. The lowest BCUT2D eigenvalue weighted by Crippen LogP contribution is -2.42. The highest BCUT2D eigenvalue weighted by Gasteiger charge is 2.33. The van der Waals surface area contributed by atoms with Gasteiger partial charge in [0.15, 0.2) is 0 Å². The van der Waals surface area contributed by atoms with E-state index in [0.29, 0.717) is 11.5 Å². The normalized spacial score (nSPS) is 30.6. The average Bonchev–Trinajstić information content (AvgIpc) is 2.93. The Labute approximate surface area is 130 Å². The summed E-state index contributed by atoms with van der Waals surface area (Å²) in [5.74, 6) is 1.33. The molecule has 0 aromatic heterocycles. The lowest BCUT2D eigenvalue weighted by atomic mass is 9.69. The Morgan fingerprint density at radius 3 is 2.35 bits per heavy atom. The molecule has 0 spiro atoms.